The van der Waals surface area contributed by atoms with Crippen LogP contribution in [-0.2, 0) is 13.0 Å². The van der Waals surface area contributed by atoms with Gasteiger partial charge in [-0.25, -0.2) is 9.78 Å². The molecule has 120 valence electrons. The Labute approximate surface area is 128 Å². The molecule has 2 heterocycles. The van der Waals surface area contributed by atoms with Crippen molar-refractivity contribution in [1.82, 2.24) is 19.1 Å². The summed E-state index contributed by atoms with van der Waals surface area (Å²) in [7, 11) is 0. The lowest BCUT2D eigenvalue weighted by Crippen LogP contribution is -2.41. The summed E-state index contributed by atoms with van der Waals surface area (Å²) in [5, 5.41) is 0. The van der Waals surface area contributed by atoms with Crippen molar-refractivity contribution in [2.75, 3.05) is 6.54 Å². The van der Waals surface area contributed by atoms with Gasteiger partial charge in [0.05, 0.1) is 0 Å². The second-order valence-corrected chi connectivity index (χ2v) is 5.91. The third kappa shape index (κ3) is 2.39. The summed E-state index contributed by atoms with van der Waals surface area (Å²) >= 11 is 0. The lowest BCUT2D eigenvalue weighted by atomic mass is 9.95. The van der Waals surface area contributed by atoms with E-state index in [-0.39, 0.29) is 17.3 Å². The van der Waals surface area contributed by atoms with Crippen molar-refractivity contribution >= 4 is 11.2 Å². The molecule has 1 saturated carbocycles. The van der Waals surface area contributed by atoms with Crippen LogP contribution in [0.2, 0.25) is 0 Å². The van der Waals surface area contributed by atoms with Crippen LogP contribution in [-0.4, -0.2) is 25.6 Å². The zero-order valence-electron chi connectivity index (χ0n) is 13.0. The fraction of sp³-hybridized carbons (Fsp3) is 0.667. The quantitative estimate of drug-likeness (QED) is 0.877. The van der Waals surface area contributed by atoms with Gasteiger partial charge >= 0.3 is 5.69 Å². The molecule has 2 aromatic heterocycles. The molecular weight excluding hydrogens is 282 g/mol. The molecule has 0 aromatic carbocycles. The molecule has 1 aliphatic rings. The van der Waals surface area contributed by atoms with Crippen molar-refractivity contribution in [3.8, 4) is 0 Å². The van der Waals surface area contributed by atoms with Crippen molar-refractivity contribution in [3.63, 3.8) is 0 Å². The van der Waals surface area contributed by atoms with E-state index in [0.29, 0.717) is 36.5 Å². The predicted octanol–water partition coefficient (Wildman–Crippen LogP) is 0.913. The van der Waals surface area contributed by atoms with Gasteiger partial charge in [0.1, 0.15) is 11.3 Å². The van der Waals surface area contributed by atoms with Gasteiger partial charge in [-0.3, -0.25) is 13.9 Å². The molecule has 1 aliphatic carbocycles. The van der Waals surface area contributed by atoms with Crippen molar-refractivity contribution < 1.29 is 0 Å². The fourth-order valence-electron chi connectivity index (χ4n) is 3.38. The molecule has 3 rings (SSSR count). The third-order valence-corrected chi connectivity index (χ3v) is 4.50. The van der Waals surface area contributed by atoms with Gasteiger partial charge in [0, 0.05) is 19.0 Å². The number of nitrogens with two attached hydrogens (primary N) is 1. The Hall–Kier alpha value is -1.89. The van der Waals surface area contributed by atoms with Crippen LogP contribution in [0.1, 0.15) is 50.9 Å². The maximum absolute atomic E-state index is 12.7. The molecule has 0 spiro atoms. The highest BCUT2D eigenvalue weighted by atomic mass is 16.2. The Morgan fingerprint density at radius 2 is 2.00 bits per heavy atom. The first-order valence-corrected chi connectivity index (χ1v) is 8.11. The van der Waals surface area contributed by atoms with Crippen LogP contribution in [0.3, 0.4) is 0 Å². The molecule has 22 heavy (non-hydrogen) atoms. The SMILES string of the molecule is CCn1c(=O)c2[nH]c(CCN)nc2n(C2CCCCC2)c1=O. The van der Waals surface area contributed by atoms with Crippen molar-refractivity contribution in [2.24, 2.45) is 5.73 Å². The van der Waals surface area contributed by atoms with Crippen LogP contribution < -0.4 is 17.0 Å². The molecule has 0 radical (unpaired) electrons. The maximum Gasteiger partial charge on any atom is 0.332 e. The van der Waals surface area contributed by atoms with E-state index in [1.54, 1.807) is 4.57 Å². The average Bonchev–Trinajstić information content (AvgIpc) is 2.93. The highest BCUT2D eigenvalue weighted by molar-refractivity contribution is 5.70. The van der Waals surface area contributed by atoms with E-state index < -0.39 is 0 Å². The Morgan fingerprint density at radius 3 is 2.64 bits per heavy atom. The van der Waals surface area contributed by atoms with Gasteiger partial charge in [-0.1, -0.05) is 19.3 Å². The van der Waals surface area contributed by atoms with Crippen molar-refractivity contribution in [3.05, 3.63) is 26.7 Å². The molecule has 7 nitrogen and oxygen atoms in total. The predicted molar refractivity (Wildman–Crippen MR) is 85.2 cm³/mol. The first-order valence-electron chi connectivity index (χ1n) is 8.11. The lowest BCUT2D eigenvalue weighted by molar-refractivity contribution is 0.343. The van der Waals surface area contributed by atoms with Crippen LogP contribution in [0, 0.1) is 0 Å². The topological polar surface area (TPSA) is 98.7 Å². The Kier molecular flexibility index (Phi) is 4.15. The zero-order valence-corrected chi connectivity index (χ0v) is 13.0. The number of hydrogen-bond donors (Lipinski definition) is 2. The minimum absolute atomic E-state index is 0.135. The van der Waals surface area contributed by atoms with Crippen LogP contribution >= 0.6 is 0 Å². The molecule has 0 aliphatic heterocycles. The normalized spacial score (nSPS) is 16.5. The Morgan fingerprint density at radius 1 is 1.27 bits per heavy atom. The van der Waals surface area contributed by atoms with Gasteiger partial charge in [0.2, 0.25) is 0 Å². The number of fused-ring (bicyclic) bond motifs is 1. The number of nitrogens with zero attached hydrogens (tertiary/aromatic N) is 3. The van der Waals surface area contributed by atoms with Gasteiger partial charge in [-0.15, -0.1) is 0 Å². The Balaban J connectivity index is 2.27. The molecular formula is C15H23N5O2. The Bertz CT molecular complexity index is 780. The smallest absolute Gasteiger partial charge is 0.332 e. The van der Waals surface area contributed by atoms with Crippen LogP contribution in [0.4, 0.5) is 0 Å². The van der Waals surface area contributed by atoms with Gasteiger partial charge in [-0.05, 0) is 26.3 Å². The van der Waals surface area contributed by atoms with E-state index in [0.717, 1.165) is 25.7 Å². The standard InChI is InChI=1S/C15H23N5O2/c1-2-19-14(21)12-13(18-11(17-12)8-9-16)20(15(19)22)10-6-4-3-5-7-10/h10H,2-9,16H2,1H3,(H,17,18). The van der Waals surface area contributed by atoms with Crippen molar-refractivity contribution in [2.45, 2.75) is 58.0 Å². The lowest BCUT2D eigenvalue weighted by Gasteiger charge is -2.24. The largest absolute Gasteiger partial charge is 0.336 e. The van der Waals surface area contributed by atoms with Gasteiger partial charge in [0.15, 0.2) is 5.65 Å². The fourth-order valence-corrected chi connectivity index (χ4v) is 3.38. The van der Waals surface area contributed by atoms with E-state index in [1.165, 1.54) is 11.0 Å². The summed E-state index contributed by atoms with van der Waals surface area (Å²) in [6, 6.07) is 0.135. The van der Waals surface area contributed by atoms with E-state index in [2.05, 4.69) is 9.97 Å². The summed E-state index contributed by atoms with van der Waals surface area (Å²) < 4.78 is 3.03. The summed E-state index contributed by atoms with van der Waals surface area (Å²) in [5.41, 5.74) is 5.97. The summed E-state index contributed by atoms with van der Waals surface area (Å²) in [6.45, 7) is 2.64. The summed E-state index contributed by atoms with van der Waals surface area (Å²) in [4.78, 5) is 32.8. The van der Waals surface area contributed by atoms with Crippen LogP contribution in [0.15, 0.2) is 9.59 Å². The highest BCUT2D eigenvalue weighted by Gasteiger charge is 2.23. The van der Waals surface area contributed by atoms with E-state index in [9.17, 15) is 9.59 Å². The molecule has 0 unspecified atom stereocenters. The molecule has 0 atom stereocenters. The van der Waals surface area contributed by atoms with E-state index >= 15 is 0 Å². The first kappa shape index (κ1) is 15.0. The molecule has 0 amide bonds. The number of aromatic amines is 1. The second-order valence-electron chi connectivity index (χ2n) is 5.91. The number of rotatable bonds is 4. The monoisotopic (exact) mass is 305 g/mol. The van der Waals surface area contributed by atoms with Gasteiger partial charge < -0.3 is 10.7 Å². The molecule has 0 bridgehead atoms. The number of hydrogen-bond acceptors (Lipinski definition) is 4. The number of nitrogens with one attached hydrogen (secondary N) is 1. The van der Waals surface area contributed by atoms with E-state index in [4.69, 9.17) is 5.73 Å². The first-order chi connectivity index (χ1) is 10.7. The van der Waals surface area contributed by atoms with Crippen molar-refractivity contribution in [1.29, 1.82) is 0 Å². The molecule has 0 saturated heterocycles. The average molecular weight is 305 g/mol. The van der Waals surface area contributed by atoms with Crippen LogP contribution in [0.25, 0.3) is 11.2 Å². The molecule has 3 N–H and O–H groups in total. The number of H-pyrrole nitrogens is 1. The molecule has 1 fully saturated rings. The third-order valence-electron chi connectivity index (χ3n) is 4.50. The molecule has 7 heteroatoms. The number of imidazole rings is 1. The number of aromatic nitrogens is 4. The summed E-state index contributed by atoms with van der Waals surface area (Å²) in [6.07, 6.45) is 5.94. The zero-order chi connectivity index (χ0) is 15.7. The van der Waals surface area contributed by atoms with Gasteiger partial charge in [0.25, 0.3) is 5.56 Å². The second kappa shape index (κ2) is 6.08. The van der Waals surface area contributed by atoms with Crippen LogP contribution in [0.5, 0.6) is 0 Å². The highest BCUT2D eigenvalue weighted by Crippen LogP contribution is 2.28. The minimum atomic E-state index is -0.287. The van der Waals surface area contributed by atoms with Gasteiger partial charge in [-0.2, -0.15) is 0 Å². The molecule has 2 aromatic rings. The van der Waals surface area contributed by atoms with E-state index in [1.807, 2.05) is 6.92 Å². The summed E-state index contributed by atoms with van der Waals surface area (Å²) in [5.74, 6) is 0.674. The maximum atomic E-state index is 12.7. The minimum Gasteiger partial charge on any atom is -0.336 e.